The average molecular weight is 469 g/mol. The van der Waals surface area contributed by atoms with Crippen LogP contribution in [0.5, 0.6) is 0 Å². The molecule has 0 spiro atoms. The van der Waals surface area contributed by atoms with Gasteiger partial charge in [0, 0.05) is 0 Å². The van der Waals surface area contributed by atoms with Crippen molar-refractivity contribution in [1.29, 1.82) is 0 Å². The molecular formula is C23H20N2O5S2. The number of carbonyl (C=O) groups is 3. The number of ether oxygens (including phenoxy) is 1. The largest absolute Gasteiger partial charge is 0.503 e. The van der Waals surface area contributed by atoms with Crippen LogP contribution < -0.4 is 4.90 Å². The number of thiazole rings is 1. The van der Waals surface area contributed by atoms with Gasteiger partial charge in [-0.05, 0) is 37.8 Å². The lowest BCUT2D eigenvalue weighted by Gasteiger charge is -2.24. The van der Waals surface area contributed by atoms with Gasteiger partial charge in [0.2, 0.25) is 5.78 Å². The molecule has 2 aromatic heterocycles. The van der Waals surface area contributed by atoms with Gasteiger partial charge in [0.05, 0.1) is 28.8 Å². The van der Waals surface area contributed by atoms with Crippen LogP contribution >= 0.6 is 22.7 Å². The molecule has 0 aliphatic carbocycles. The quantitative estimate of drug-likeness (QED) is 0.413. The smallest absolute Gasteiger partial charge is 0.350 e. The number of thiophene rings is 1. The second-order valence-electron chi connectivity index (χ2n) is 7.19. The van der Waals surface area contributed by atoms with E-state index >= 15 is 0 Å². The van der Waals surface area contributed by atoms with E-state index in [0.717, 1.165) is 16.9 Å². The molecule has 3 heterocycles. The van der Waals surface area contributed by atoms with Crippen LogP contribution in [-0.4, -0.2) is 34.4 Å². The van der Waals surface area contributed by atoms with Gasteiger partial charge in [-0.1, -0.05) is 47.2 Å². The minimum atomic E-state index is -0.877. The summed E-state index contributed by atoms with van der Waals surface area (Å²) in [4.78, 5) is 45.1. The van der Waals surface area contributed by atoms with Crippen molar-refractivity contribution in [3.8, 4) is 0 Å². The number of carbonyl (C=O) groups excluding carboxylic acids is 3. The van der Waals surface area contributed by atoms with Crippen LogP contribution in [0.4, 0.5) is 5.13 Å². The molecule has 0 bridgehead atoms. The first-order chi connectivity index (χ1) is 15.3. The predicted molar refractivity (Wildman–Crippen MR) is 123 cm³/mol. The summed E-state index contributed by atoms with van der Waals surface area (Å²) in [5.41, 5.74) is 2.07. The number of Topliss-reactive ketones (excluding diaryl/α,β-unsaturated/α-hetero) is 1. The number of esters is 1. The number of aliphatic hydroxyl groups is 1. The normalized spacial score (nSPS) is 16.0. The van der Waals surface area contributed by atoms with E-state index in [1.165, 1.54) is 16.2 Å². The number of nitrogens with zero attached hydrogens (tertiary/aromatic N) is 2. The van der Waals surface area contributed by atoms with Crippen molar-refractivity contribution in [2.45, 2.75) is 26.8 Å². The number of rotatable bonds is 6. The Labute approximate surface area is 192 Å². The molecule has 9 heteroatoms. The van der Waals surface area contributed by atoms with Crippen LogP contribution in [0.25, 0.3) is 0 Å². The van der Waals surface area contributed by atoms with Gasteiger partial charge in [-0.2, -0.15) is 0 Å². The lowest BCUT2D eigenvalue weighted by Crippen LogP contribution is -2.31. The van der Waals surface area contributed by atoms with Crippen LogP contribution in [0.1, 0.15) is 49.1 Å². The summed E-state index contributed by atoms with van der Waals surface area (Å²) in [5, 5.41) is 12.7. The van der Waals surface area contributed by atoms with Gasteiger partial charge in [-0.3, -0.25) is 14.5 Å². The van der Waals surface area contributed by atoms with E-state index in [1.54, 1.807) is 31.4 Å². The van der Waals surface area contributed by atoms with Crippen LogP contribution in [0.15, 0.2) is 53.1 Å². The number of aryl methyl sites for hydroxylation is 2. The van der Waals surface area contributed by atoms with E-state index in [4.69, 9.17) is 4.74 Å². The minimum absolute atomic E-state index is 0.00755. The number of aromatic nitrogens is 1. The van der Waals surface area contributed by atoms with Crippen LogP contribution in [-0.2, 0) is 9.53 Å². The monoisotopic (exact) mass is 468 g/mol. The van der Waals surface area contributed by atoms with Gasteiger partial charge >= 0.3 is 5.97 Å². The van der Waals surface area contributed by atoms with Crippen LogP contribution in [0, 0.1) is 13.8 Å². The van der Waals surface area contributed by atoms with E-state index in [9.17, 15) is 19.5 Å². The van der Waals surface area contributed by atoms with E-state index in [0.29, 0.717) is 16.1 Å². The summed E-state index contributed by atoms with van der Waals surface area (Å²) in [6, 6.07) is 9.88. The van der Waals surface area contributed by atoms with Crippen molar-refractivity contribution in [2.24, 2.45) is 0 Å². The maximum absolute atomic E-state index is 13.3. The highest BCUT2D eigenvalue weighted by atomic mass is 32.1. The molecule has 0 fully saturated rings. The first-order valence-electron chi connectivity index (χ1n) is 9.89. The summed E-state index contributed by atoms with van der Waals surface area (Å²) in [6.07, 6.45) is 0. The lowest BCUT2D eigenvalue weighted by molar-refractivity contribution is -0.117. The van der Waals surface area contributed by atoms with Crippen molar-refractivity contribution in [1.82, 2.24) is 4.98 Å². The molecule has 4 rings (SSSR count). The molecule has 7 nitrogen and oxygen atoms in total. The highest BCUT2D eigenvalue weighted by Crippen LogP contribution is 2.44. The molecule has 1 atom stereocenters. The van der Waals surface area contributed by atoms with Gasteiger partial charge in [0.15, 0.2) is 10.9 Å². The second kappa shape index (κ2) is 8.68. The molecule has 1 aromatic carbocycles. The molecule has 0 saturated heterocycles. The summed E-state index contributed by atoms with van der Waals surface area (Å²) in [6.45, 7) is 5.50. The fraction of sp³-hybridized carbons (Fsp3) is 0.217. The van der Waals surface area contributed by atoms with Gasteiger partial charge < -0.3 is 9.84 Å². The number of ketones is 1. The Bertz CT molecular complexity index is 1230. The number of hydrogen-bond acceptors (Lipinski definition) is 8. The number of anilines is 1. The Balaban J connectivity index is 1.84. The number of hydrogen-bond donors (Lipinski definition) is 1. The zero-order chi connectivity index (χ0) is 23.0. The van der Waals surface area contributed by atoms with Crippen molar-refractivity contribution in [3.05, 3.63) is 79.7 Å². The molecule has 1 unspecified atom stereocenters. The maximum atomic E-state index is 13.3. The van der Waals surface area contributed by atoms with Gasteiger partial charge in [0.25, 0.3) is 5.91 Å². The molecular weight excluding hydrogens is 448 g/mol. The van der Waals surface area contributed by atoms with Crippen LogP contribution in [0.3, 0.4) is 0 Å². The Morgan fingerprint density at radius 3 is 2.53 bits per heavy atom. The summed E-state index contributed by atoms with van der Waals surface area (Å²) in [5.74, 6) is -2.30. The average Bonchev–Trinajstić information content (AvgIpc) is 3.48. The summed E-state index contributed by atoms with van der Waals surface area (Å²) >= 11 is 2.23. The lowest BCUT2D eigenvalue weighted by atomic mass is 9.95. The summed E-state index contributed by atoms with van der Waals surface area (Å²) in [7, 11) is 0. The molecule has 1 aliphatic heterocycles. The van der Waals surface area contributed by atoms with Crippen molar-refractivity contribution >= 4 is 45.5 Å². The second-order valence-corrected chi connectivity index (χ2v) is 9.11. The SMILES string of the molecule is CCOC(=O)c1sc(N2C(=O)C(O)=C(C(=O)c3cccs3)C2c2ccc(C)cc2)nc1C. The Morgan fingerprint density at radius 1 is 1.19 bits per heavy atom. The van der Waals surface area contributed by atoms with Gasteiger partial charge in [0.1, 0.15) is 4.88 Å². The highest BCUT2D eigenvalue weighted by Gasteiger charge is 2.46. The fourth-order valence-corrected chi connectivity index (χ4v) is 5.18. The third-order valence-corrected chi connectivity index (χ3v) is 7.05. The van der Waals surface area contributed by atoms with Crippen molar-refractivity contribution in [2.75, 3.05) is 11.5 Å². The molecule has 164 valence electrons. The third-order valence-electron chi connectivity index (χ3n) is 5.04. The molecule has 0 radical (unpaired) electrons. The number of amides is 1. The Morgan fingerprint density at radius 2 is 1.91 bits per heavy atom. The highest BCUT2D eigenvalue weighted by molar-refractivity contribution is 7.17. The first kappa shape index (κ1) is 21.9. The van der Waals surface area contributed by atoms with E-state index < -0.39 is 29.5 Å². The first-order valence-corrected chi connectivity index (χ1v) is 11.6. The topological polar surface area (TPSA) is 96.8 Å². The fourth-order valence-electron chi connectivity index (χ4n) is 3.51. The zero-order valence-corrected chi connectivity index (χ0v) is 19.3. The maximum Gasteiger partial charge on any atom is 0.350 e. The van der Waals surface area contributed by atoms with Crippen molar-refractivity contribution < 1.29 is 24.2 Å². The molecule has 1 amide bonds. The summed E-state index contributed by atoms with van der Waals surface area (Å²) < 4.78 is 5.08. The standard InChI is InChI=1S/C23H20N2O5S2/c1-4-30-22(29)20-13(3)24-23(32-20)25-17(14-9-7-12(2)8-10-14)16(19(27)21(25)28)18(26)15-6-5-11-31-15/h5-11,17,27H,4H2,1-3H3. The third kappa shape index (κ3) is 3.74. The molecule has 1 aliphatic rings. The van der Waals surface area contributed by atoms with Gasteiger partial charge in [-0.15, -0.1) is 11.3 Å². The van der Waals surface area contributed by atoms with E-state index in [-0.39, 0.29) is 22.2 Å². The molecule has 1 N–H and O–H groups in total. The van der Waals surface area contributed by atoms with Gasteiger partial charge in [-0.25, -0.2) is 9.78 Å². The molecule has 32 heavy (non-hydrogen) atoms. The van der Waals surface area contributed by atoms with E-state index in [2.05, 4.69) is 4.98 Å². The zero-order valence-electron chi connectivity index (χ0n) is 17.6. The number of aliphatic hydroxyl groups excluding tert-OH is 1. The van der Waals surface area contributed by atoms with Crippen molar-refractivity contribution in [3.63, 3.8) is 0 Å². The Hall–Kier alpha value is -3.30. The molecule has 0 saturated carbocycles. The Kier molecular flexibility index (Phi) is 5.94. The van der Waals surface area contributed by atoms with Crippen LogP contribution in [0.2, 0.25) is 0 Å². The minimum Gasteiger partial charge on any atom is -0.503 e. The predicted octanol–water partition coefficient (Wildman–Crippen LogP) is 4.78. The van der Waals surface area contributed by atoms with E-state index in [1.807, 2.05) is 31.2 Å². The number of benzene rings is 1. The molecule has 3 aromatic rings.